The summed E-state index contributed by atoms with van der Waals surface area (Å²) < 4.78 is 27.2. The quantitative estimate of drug-likeness (QED) is 0.855. The molecule has 3 rings (SSSR count). The minimum absolute atomic E-state index is 0.165. The van der Waals surface area contributed by atoms with Gasteiger partial charge in [-0.1, -0.05) is 24.6 Å². The fraction of sp³-hybridized carbons (Fsp3) is 0.350. The molecule has 0 aromatic heterocycles. The summed E-state index contributed by atoms with van der Waals surface area (Å²) in [6.45, 7) is 1.07. The fourth-order valence-electron chi connectivity index (χ4n) is 3.22. The van der Waals surface area contributed by atoms with Crippen LogP contribution in [-0.4, -0.2) is 45.8 Å². The van der Waals surface area contributed by atoms with E-state index in [1.807, 2.05) is 43.3 Å². The highest BCUT2D eigenvalue weighted by Gasteiger charge is 2.26. The van der Waals surface area contributed by atoms with E-state index in [0.717, 1.165) is 24.9 Å². The maximum Gasteiger partial charge on any atom is 0.255 e. The summed E-state index contributed by atoms with van der Waals surface area (Å²) in [5, 5.41) is 2.88. The zero-order valence-corrected chi connectivity index (χ0v) is 16.5. The van der Waals surface area contributed by atoms with Crippen LogP contribution in [0.5, 0.6) is 0 Å². The minimum Gasteiger partial charge on any atom is -0.376 e. The number of rotatable bonds is 5. The molecule has 0 atom stereocenters. The number of piperidine rings is 1. The molecule has 0 saturated carbocycles. The molecule has 1 aliphatic heterocycles. The third-order valence-corrected chi connectivity index (χ3v) is 6.58. The van der Waals surface area contributed by atoms with Gasteiger partial charge in [-0.25, -0.2) is 8.42 Å². The third kappa shape index (κ3) is 4.31. The molecule has 1 N–H and O–H groups in total. The van der Waals surface area contributed by atoms with E-state index in [2.05, 4.69) is 5.32 Å². The summed E-state index contributed by atoms with van der Waals surface area (Å²) in [5.41, 5.74) is 1.88. The smallest absolute Gasteiger partial charge is 0.255 e. The number of carbonyl (C=O) groups excluding carboxylic acids is 1. The molecule has 0 unspecified atom stereocenters. The number of nitrogens with zero attached hydrogens (tertiary/aromatic N) is 2. The van der Waals surface area contributed by atoms with Gasteiger partial charge in [0.15, 0.2) is 0 Å². The first-order valence-corrected chi connectivity index (χ1v) is 10.5. The van der Waals surface area contributed by atoms with Crippen LogP contribution in [0.25, 0.3) is 0 Å². The van der Waals surface area contributed by atoms with Crippen LogP contribution in [0.2, 0.25) is 0 Å². The maximum atomic E-state index is 12.9. The van der Waals surface area contributed by atoms with Crippen molar-refractivity contribution in [3.8, 4) is 0 Å². The van der Waals surface area contributed by atoms with Crippen LogP contribution >= 0.6 is 0 Å². The van der Waals surface area contributed by atoms with Gasteiger partial charge >= 0.3 is 0 Å². The molecule has 6 nitrogen and oxygen atoms in total. The van der Waals surface area contributed by atoms with E-state index in [9.17, 15) is 13.2 Å². The SMILES string of the molecule is CN(C)c1ccccc1NC(=O)c1cccc(S(=O)(=O)N2CCCCC2)c1. The van der Waals surface area contributed by atoms with Crippen molar-refractivity contribution in [3.63, 3.8) is 0 Å². The molecule has 1 amide bonds. The predicted octanol–water partition coefficient (Wildman–Crippen LogP) is 3.18. The molecule has 0 spiro atoms. The number of anilines is 2. The zero-order valence-electron chi connectivity index (χ0n) is 15.7. The molecule has 0 aliphatic carbocycles. The van der Waals surface area contributed by atoms with Crippen LogP contribution in [-0.2, 0) is 10.0 Å². The van der Waals surface area contributed by atoms with Gasteiger partial charge in [-0.3, -0.25) is 4.79 Å². The number of nitrogens with one attached hydrogen (secondary N) is 1. The first-order valence-electron chi connectivity index (χ1n) is 9.07. The van der Waals surface area contributed by atoms with Gasteiger partial charge in [0.05, 0.1) is 16.3 Å². The van der Waals surface area contributed by atoms with Gasteiger partial charge in [-0.05, 0) is 43.2 Å². The van der Waals surface area contributed by atoms with Crippen molar-refractivity contribution in [1.29, 1.82) is 0 Å². The van der Waals surface area contributed by atoms with Crippen LogP contribution in [0.3, 0.4) is 0 Å². The maximum absolute atomic E-state index is 12.9. The van der Waals surface area contributed by atoms with Crippen LogP contribution in [0.15, 0.2) is 53.4 Å². The van der Waals surface area contributed by atoms with Gasteiger partial charge in [0.2, 0.25) is 10.0 Å². The lowest BCUT2D eigenvalue weighted by molar-refractivity contribution is 0.102. The fourth-order valence-corrected chi connectivity index (χ4v) is 4.78. The highest BCUT2D eigenvalue weighted by Crippen LogP contribution is 2.25. The molecule has 144 valence electrons. The Kier molecular flexibility index (Phi) is 5.82. The van der Waals surface area contributed by atoms with E-state index in [1.165, 1.54) is 10.4 Å². The van der Waals surface area contributed by atoms with Crippen molar-refractivity contribution in [1.82, 2.24) is 4.31 Å². The largest absolute Gasteiger partial charge is 0.376 e. The average molecular weight is 388 g/mol. The van der Waals surface area contributed by atoms with Crippen LogP contribution < -0.4 is 10.2 Å². The van der Waals surface area contributed by atoms with Gasteiger partial charge in [0.1, 0.15) is 0 Å². The summed E-state index contributed by atoms with van der Waals surface area (Å²) in [6, 6.07) is 13.7. The monoisotopic (exact) mass is 387 g/mol. The number of benzene rings is 2. The average Bonchev–Trinajstić information content (AvgIpc) is 2.69. The lowest BCUT2D eigenvalue weighted by atomic mass is 10.2. The Morgan fingerprint density at radius 3 is 2.41 bits per heavy atom. The Morgan fingerprint density at radius 2 is 1.70 bits per heavy atom. The molecule has 2 aromatic rings. The summed E-state index contributed by atoms with van der Waals surface area (Å²) >= 11 is 0. The standard InChI is InChI=1S/C20H25N3O3S/c1-22(2)19-12-5-4-11-18(19)21-20(24)16-9-8-10-17(15-16)27(25,26)23-13-6-3-7-14-23/h4-5,8-12,15H,3,6-7,13-14H2,1-2H3,(H,21,24). The molecular formula is C20H25N3O3S. The zero-order chi connectivity index (χ0) is 19.4. The Labute approximate surface area is 160 Å². The van der Waals surface area contributed by atoms with E-state index in [4.69, 9.17) is 0 Å². The second-order valence-electron chi connectivity index (χ2n) is 6.86. The molecule has 7 heteroatoms. The van der Waals surface area contributed by atoms with E-state index in [0.29, 0.717) is 24.3 Å². The lowest BCUT2D eigenvalue weighted by Crippen LogP contribution is -2.35. The summed E-state index contributed by atoms with van der Waals surface area (Å²) in [7, 11) is 0.232. The molecule has 1 fully saturated rings. The number of carbonyl (C=O) groups is 1. The Bertz CT molecular complexity index is 920. The van der Waals surface area contributed by atoms with Crippen molar-refractivity contribution < 1.29 is 13.2 Å². The van der Waals surface area contributed by atoms with Crippen molar-refractivity contribution in [3.05, 3.63) is 54.1 Å². The van der Waals surface area contributed by atoms with Crippen molar-refractivity contribution >= 4 is 27.3 Å². The highest BCUT2D eigenvalue weighted by atomic mass is 32.2. The van der Waals surface area contributed by atoms with E-state index in [1.54, 1.807) is 18.2 Å². The summed E-state index contributed by atoms with van der Waals surface area (Å²) in [6.07, 6.45) is 2.81. The van der Waals surface area contributed by atoms with Crippen molar-refractivity contribution in [2.24, 2.45) is 0 Å². The van der Waals surface area contributed by atoms with Gasteiger partial charge in [0.25, 0.3) is 5.91 Å². The lowest BCUT2D eigenvalue weighted by Gasteiger charge is -2.26. The number of hydrogen-bond donors (Lipinski definition) is 1. The molecule has 1 heterocycles. The van der Waals surface area contributed by atoms with Gasteiger partial charge < -0.3 is 10.2 Å². The molecule has 0 bridgehead atoms. The Morgan fingerprint density at radius 1 is 1.00 bits per heavy atom. The topological polar surface area (TPSA) is 69.7 Å². The second kappa shape index (κ2) is 8.10. The number of hydrogen-bond acceptors (Lipinski definition) is 4. The normalized spacial score (nSPS) is 15.3. The second-order valence-corrected chi connectivity index (χ2v) is 8.80. The number of amides is 1. The first kappa shape index (κ1) is 19.4. The Hall–Kier alpha value is -2.38. The highest BCUT2D eigenvalue weighted by molar-refractivity contribution is 7.89. The van der Waals surface area contributed by atoms with Crippen molar-refractivity contribution in [2.75, 3.05) is 37.4 Å². The van der Waals surface area contributed by atoms with E-state index in [-0.39, 0.29) is 10.8 Å². The van der Waals surface area contributed by atoms with Gasteiger partial charge in [-0.2, -0.15) is 4.31 Å². The predicted molar refractivity (Wildman–Crippen MR) is 108 cm³/mol. The molecule has 1 aliphatic rings. The van der Waals surface area contributed by atoms with Gasteiger partial charge in [0, 0.05) is 32.7 Å². The Balaban J connectivity index is 1.84. The van der Waals surface area contributed by atoms with Crippen LogP contribution in [0, 0.1) is 0 Å². The van der Waals surface area contributed by atoms with E-state index < -0.39 is 10.0 Å². The number of para-hydroxylation sites is 2. The van der Waals surface area contributed by atoms with Crippen LogP contribution in [0.4, 0.5) is 11.4 Å². The number of sulfonamides is 1. The molecule has 0 radical (unpaired) electrons. The molecule has 27 heavy (non-hydrogen) atoms. The third-order valence-electron chi connectivity index (χ3n) is 4.68. The first-order chi connectivity index (χ1) is 12.9. The minimum atomic E-state index is -3.57. The van der Waals surface area contributed by atoms with E-state index >= 15 is 0 Å². The summed E-state index contributed by atoms with van der Waals surface area (Å²) in [4.78, 5) is 14.8. The molecular weight excluding hydrogens is 362 g/mol. The molecule has 1 saturated heterocycles. The van der Waals surface area contributed by atoms with Gasteiger partial charge in [-0.15, -0.1) is 0 Å². The van der Waals surface area contributed by atoms with Crippen molar-refractivity contribution in [2.45, 2.75) is 24.2 Å². The molecule has 2 aromatic carbocycles. The summed E-state index contributed by atoms with van der Waals surface area (Å²) in [5.74, 6) is -0.333. The van der Waals surface area contributed by atoms with Crippen LogP contribution in [0.1, 0.15) is 29.6 Å².